The van der Waals surface area contributed by atoms with E-state index in [2.05, 4.69) is 4.72 Å². The zero-order valence-corrected chi connectivity index (χ0v) is 10.6. The van der Waals surface area contributed by atoms with Gasteiger partial charge in [0.2, 0.25) is 10.0 Å². The van der Waals surface area contributed by atoms with Gasteiger partial charge in [0.1, 0.15) is 0 Å². The van der Waals surface area contributed by atoms with Gasteiger partial charge < -0.3 is 5.73 Å². The second-order valence-corrected chi connectivity index (χ2v) is 6.12. The first kappa shape index (κ1) is 11.9. The van der Waals surface area contributed by atoms with Crippen molar-refractivity contribution in [1.29, 1.82) is 0 Å². The Labute approximate surface area is 104 Å². The van der Waals surface area contributed by atoms with Gasteiger partial charge in [-0.25, -0.2) is 8.42 Å². The molecule has 1 aromatic heterocycles. The van der Waals surface area contributed by atoms with Gasteiger partial charge in [0.05, 0.1) is 11.4 Å². The molecule has 0 bridgehead atoms. The number of benzene rings is 1. The molecule has 17 heavy (non-hydrogen) atoms. The van der Waals surface area contributed by atoms with Crippen molar-refractivity contribution >= 4 is 32.7 Å². The van der Waals surface area contributed by atoms with Gasteiger partial charge in [-0.05, 0) is 29.1 Å². The minimum Gasteiger partial charge on any atom is -0.399 e. The fourth-order valence-electron chi connectivity index (χ4n) is 1.44. The molecule has 0 fully saturated rings. The van der Waals surface area contributed by atoms with Crippen LogP contribution in [-0.2, 0) is 15.8 Å². The van der Waals surface area contributed by atoms with Crippen molar-refractivity contribution in [2.75, 3.05) is 10.5 Å². The molecular weight excluding hydrogens is 256 g/mol. The van der Waals surface area contributed by atoms with E-state index < -0.39 is 10.0 Å². The van der Waals surface area contributed by atoms with Crippen LogP contribution in [0.2, 0.25) is 0 Å². The number of hydrogen-bond donors (Lipinski definition) is 2. The van der Waals surface area contributed by atoms with Gasteiger partial charge in [-0.15, -0.1) is 0 Å². The van der Waals surface area contributed by atoms with E-state index >= 15 is 0 Å². The molecule has 0 atom stereocenters. The van der Waals surface area contributed by atoms with E-state index in [0.717, 1.165) is 0 Å². The summed E-state index contributed by atoms with van der Waals surface area (Å²) >= 11 is 1.44. The Bertz CT molecular complexity index is 592. The van der Waals surface area contributed by atoms with Gasteiger partial charge in [0.15, 0.2) is 0 Å². The quantitative estimate of drug-likeness (QED) is 0.835. The highest BCUT2D eigenvalue weighted by Crippen LogP contribution is 2.16. The Morgan fingerprint density at radius 1 is 1.29 bits per heavy atom. The van der Waals surface area contributed by atoms with Crippen LogP contribution in [0.15, 0.2) is 41.1 Å². The topological polar surface area (TPSA) is 72.2 Å². The third-order valence-corrected chi connectivity index (χ3v) is 4.05. The maximum atomic E-state index is 11.8. The molecule has 1 heterocycles. The molecule has 0 aliphatic rings. The molecule has 0 radical (unpaired) electrons. The number of anilines is 2. The Morgan fingerprint density at radius 3 is 2.76 bits per heavy atom. The molecule has 3 N–H and O–H groups in total. The van der Waals surface area contributed by atoms with Gasteiger partial charge in [0.25, 0.3) is 0 Å². The second kappa shape index (κ2) is 4.77. The predicted molar refractivity (Wildman–Crippen MR) is 71.4 cm³/mol. The lowest BCUT2D eigenvalue weighted by Gasteiger charge is -2.06. The molecule has 4 nitrogen and oxygen atoms in total. The van der Waals surface area contributed by atoms with E-state index in [9.17, 15) is 8.42 Å². The zero-order chi connectivity index (χ0) is 12.3. The average Bonchev–Trinajstić information content (AvgIpc) is 2.68. The number of thiophene rings is 1. The van der Waals surface area contributed by atoms with Crippen molar-refractivity contribution < 1.29 is 8.42 Å². The molecule has 2 rings (SSSR count). The van der Waals surface area contributed by atoms with Crippen LogP contribution in [0.1, 0.15) is 5.56 Å². The molecule has 0 aliphatic carbocycles. The first-order chi connectivity index (χ1) is 8.05. The summed E-state index contributed by atoms with van der Waals surface area (Å²) in [5.74, 6) is -0.0755. The fourth-order valence-corrected chi connectivity index (χ4v) is 3.28. The van der Waals surface area contributed by atoms with E-state index in [0.29, 0.717) is 16.9 Å². The summed E-state index contributed by atoms with van der Waals surface area (Å²) in [6, 6.07) is 8.59. The lowest BCUT2D eigenvalue weighted by atomic mass is 10.2. The first-order valence-electron chi connectivity index (χ1n) is 4.92. The monoisotopic (exact) mass is 268 g/mol. The van der Waals surface area contributed by atoms with Gasteiger partial charge in [-0.3, -0.25) is 4.72 Å². The average molecular weight is 268 g/mol. The van der Waals surface area contributed by atoms with Gasteiger partial charge >= 0.3 is 0 Å². The molecular formula is C11H12N2O2S2. The van der Waals surface area contributed by atoms with E-state index in [-0.39, 0.29) is 5.75 Å². The van der Waals surface area contributed by atoms with Crippen LogP contribution in [0.5, 0.6) is 0 Å². The Kier molecular flexibility index (Phi) is 3.35. The largest absolute Gasteiger partial charge is 0.399 e. The van der Waals surface area contributed by atoms with E-state index in [1.807, 2.05) is 5.38 Å². The predicted octanol–water partition coefficient (Wildman–Crippen LogP) is 2.27. The van der Waals surface area contributed by atoms with E-state index in [4.69, 9.17) is 5.73 Å². The number of sulfonamides is 1. The molecule has 0 saturated carbocycles. The zero-order valence-electron chi connectivity index (χ0n) is 8.96. The third kappa shape index (κ3) is 3.47. The molecule has 0 saturated heterocycles. The van der Waals surface area contributed by atoms with Crippen LogP contribution in [0.3, 0.4) is 0 Å². The number of nitrogens with one attached hydrogen (secondary N) is 1. The Hall–Kier alpha value is -1.53. The SMILES string of the molecule is Nc1cccc(CS(=O)(=O)Nc2ccsc2)c1. The molecule has 0 unspecified atom stereocenters. The van der Waals surface area contributed by atoms with Crippen LogP contribution in [-0.4, -0.2) is 8.42 Å². The summed E-state index contributed by atoms with van der Waals surface area (Å²) in [7, 11) is -3.37. The van der Waals surface area contributed by atoms with E-state index in [1.165, 1.54) is 11.3 Å². The summed E-state index contributed by atoms with van der Waals surface area (Å²) in [6.07, 6.45) is 0. The summed E-state index contributed by atoms with van der Waals surface area (Å²) in [4.78, 5) is 0. The van der Waals surface area contributed by atoms with Crippen molar-refractivity contribution in [1.82, 2.24) is 0 Å². The minimum absolute atomic E-state index is 0.0755. The van der Waals surface area contributed by atoms with E-state index in [1.54, 1.807) is 35.7 Å². The highest BCUT2D eigenvalue weighted by atomic mass is 32.2. The van der Waals surface area contributed by atoms with Crippen LogP contribution in [0.4, 0.5) is 11.4 Å². The number of rotatable bonds is 4. The van der Waals surface area contributed by atoms with Crippen LogP contribution in [0, 0.1) is 0 Å². The van der Waals surface area contributed by atoms with Crippen LogP contribution in [0.25, 0.3) is 0 Å². The molecule has 0 spiro atoms. The number of nitrogen functional groups attached to an aromatic ring is 1. The maximum Gasteiger partial charge on any atom is 0.236 e. The highest BCUT2D eigenvalue weighted by Gasteiger charge is 2.11. The van der Waals surface area contributed by atoms with Crippen LogP contribution < -0.4 is 10.5 Å². The van der Waals surface area contributed by atoms with Crippen molar-refractivity contribution in [2.45, 2.75) is 5.75 Å². The summed E-state index contributed by atoms with van der Waals surface area (Å²) in [5, 5.41) is 3.56. The molecule has 2 aromatic rings. The van der Waals surface area contributed by atoms with Crippen molar-refractivity contribution in [3.8, 4) is 0 Å². The number of hydrogen-bond acceptors (Lipinski definition) is 4. The van der Waals surface area contributed by atoms with Gasteiger partial charge in [-0.2, -0.15) is 11.3 Å². The molecule has 0 amide bonds. The summed E-state index contributed by atoms with van der Waals surface area (Å²) in [5.41, 5.74) is 7.43. The Morgan fingerprint density at radius 2 is 2.12 bits per heavy atom. The highest BCUT2D eigenvalue weighted by molar-refractivity contribution is 7.91. The smallest absolute Gasteiger partial charge is 0.236 e. The maximum absolute atomic E-state index is 11.8. The minimum atomic E-state index is -3.37. The summed E-state index contributed by atoms with van der Waals surface area (Å²) < 4.78 is 26.2. The summed E-state index contributed by atoms with van der Waals surface area (Å²) in [6.45, 7) is 0. The third-order valence-electron chi connectivity index (χ3n) is 2.10. The Balaban J connectivity index is 2.12. The van der Waals surface area contributed by atoms with Crippen LogP contribution >= 0.6 is 11.3 Å². The lowest BCUT2D eigenvalue weighted by molar-refractivity contribution is 0.600. The fraction of sp³-hybridized carbons (Fsp3) is 0.0909. The lowest BCUT2D eigenvalue weighted by Crippen LogP contribution is -2.14. The number of nitrogens with two attached hydrogens (primary N) is 1. The molecule has 90 valence electrons. The van der Waals surface area contributed by atoms with Crippen molar-refractivity contribution in [2.24, 2.45) is 0 Å². The standard InChI is InChI=1S/C11H12N2O2S2/c12-10-3-1-2-9(6-10)8-17(14,15)13-11-4-5-16-7-11/h1-7,13H,8,12H2. The first-order valence-corrected chi connectivity index (χ1v) is 7.52. The normalized spacial score (nSPS) is 11.3. The molecule has 1 aromatic carbocycles. The van der Waals surface area contributed by atoms with Crippen molar-refractivity contribution in [3.63, 3.8) is 0 Å². The van der Waals surface area contributed by atoms with Gasteiger partial charge in [0, 0.05) is 11.1 Å². The molecule has 0 aliphatic heterocycles. The van der Waals surface area contributed by atoms with Gasteiger partial charge in [-0.1, -0.05) is 12.1 Å². The van der Waals surface area contributed by atoms with Crippen molar-refractivity contribution in [3.05, 3.63) is 46.7 Å². The molecule has 6 heteroatoms. The second-order valence-electron chi connectivity index (χ2n) is 3.62.